The molecule has 0 unspecified atom stereocenters. The van der Waals surface area contributed by atoms with Crippen LogP contribution in [-0.2, 0) is 10.0 Å². The quantitative estimate of drug-likeness (QED) is 0.923. The number of ketones is 1. The lowest BCUT2D eigenvalue weighted by atomic mass is 9.95. The van der Waals surface area contributed by atoms with Gasteiger partial charge >= 0.3 is 5.97 Å². The Morgan fingerprint density at radius 2 is 1.54 bits per heavy atom. The highest BCUT2D eigenvalue weighted by atomic mass is 32.2. The number of carboxylic acids is 1. The Balaban J connectivity index is 2.05. The van der Waals surface area contributed by atoms with Gasteiger partial charge in [0.1, 0.15) is 0 Å². The normalized spacial score (nSPS) is 15.3. The van der Waals surface area contributed by atoms with E-state index in [4.69, 9.17) is 5.11 Å². The molecule has 0 aromatic heterocycles. The second-order valence-corrected chi connectivity index (χ2v) is 6.63. The van der Waals surface area contributed by atoms with E-state index in [9.17, 15) is 18.0 Å². The number of carboxylic acid groups (broad SMARTS) is 1. The van der Waals surface area contributed by atoms with Crippen molar-refractivity contribution < 1.29 is 23.1 Å². The highest BCUT2D eigenvalue weighted by Gasteiger charge is 2.20. The van der Waals surface area contributed by atoms with Crippen LogP contribution in [-0.4, -0.2) is 31.0 Å². The lowest BCUT2D eigenvalue weighted by Crippen LogP contribution is -2.14. The number of carbonyl (C=O) groups excluding carboxylic acids is 1. The first-order valence-electron chi connectivity index (χ1n) is 6.88. The van der Waals surface area contributed by atoms with Crippen molar-refractivity contribution in [1.82, 2.24) is 0 Å². The molecule has 0 aliphatic heterocycles. The topological polar surface area (TPSA) is 101 Å². The zero-order valence-corrected chi connectivity index (χ0v) is 13.0. The number of hydrogen-bond acceptors (Lipinski definition) is 4. The van der Waals surface area contributed by atoms with Gasteiger partial charge in [0.15, 0.2) is 5.78 Å². The van der Waals surface area contributed by atoms with Crippen molar-refractivity contribution in [2.75, 3.05) is 0 Å². The van der Waals surface area contributed by atoms with E-state index in [0.717, 1.165) is 0 Å². The molecule has 0 spiro atoms. The van der Waals surface area contributed by atoms with Crippen LogP contribution < -0.4 is 0 Å². The van der Waals surface area contributed by atoms with Crippen LogP contribution >= 0.6 is 0 Å². The first kappa shape index (κ1) is 15.8. The highest BCUT2D eigenvalue weighted by molar-refractivity contribution is 7.90. The van der Waals surface area contributed by atoms with Gasteiger partial charge in [-0.05, 0) is 36.4 Å². The van der Waals surface area contributed by atoms with Crippen molar-refractivity contribution >= 4 is 27.5 Å². The maximum absolute atomic E-state index is 12.4. The molecule has 120 valence electrons. The van der Waals surface area contributed by atoms with Crippen molar-refractivity contribution in [2.24, 2.45) is 4.40 Å². The van der Waals surface area contributed by atoms with Crippen LogP contribution in [0.1, 0.15) is 26.3 Å². The average molecular weight is 341 g/mol. The molecular weight excluding hydrogens is 330 g/mol. The third kappa shape index (κ3) is 2.89. The number of carbonyl (C=O) groups is 2. The first-order valence-corrected chi connectivity index (χ1v) is 8.32. The lowest BCUT2D eigenvalue weighted by molar-refractivity contribution is 0.0696. The molecule has 1 N–H and O–H groups in total. The summed E-state index contributed by atoms with van der Waals surface area (Å²) in [5.74, 6) is -1.36. The summed E-state index contributed by atoms with van der Waals surface area (Å²) in [6.45, 7) is 0. The average Bonchev–Trinajstić information content (AvgIpc) is 2.58. The third-order valence-corrected chi connectivity index (χ3v) is 4.78. The Labute approximate surface area is 137 Å². The molecule has 2 aromatic carbocycles. The van der Waals surface area contributed by atoms with E-state index in [1.165, 1.54) is 36.4 Å². The van der Waals surface area contributed by atoms with Gasteiger partial charge in [0, 0.05) is 11.1 Å². The molecule has 1 aliphatic rings. The summed E-state index contributed by atoms with van der Waals surface area (Å²) in [6.07, 6.45) is 2.62. The molecule has 3 rings (SSSR count). The minimum Gasteiger partial charge on any atom is -0.478 e. The van der Waals surface area contributed by atoms with Crippen LogP contribution in [0.5, 0.6) is 0 Å². The van der Waals surface area contributed by atoms with E-state index < -0.39 is 16.0 Å². The maximum atomic E-state index is 12.4. The van der Waals surface area contributed by atoms with Gasteiger partial charge in [0.2, 0.25) is 0 Å². The van der Waals surface area contributed by atoms with Crippen LogP contribution in [0.25, 0.3) is 0 Å². The van der Waals surface area contributed by atoms with Crippen molar-refractivity contribution in [3.8, 4) is 0 Å². The van der Waals surface area contributed by atoms with E-state index in [0.29, 0.717) is 11.1 Å². The highest BCUT2D eigenvalue weighted by Crippen LogP contribution is 2.20. The number of rotatable bonds is 3. The summed E-state index contributed by atoms with van der Waals surface area (Å²) < 4.78 is 28.6. The number of sulfonamides is 1. The second kappa shape index (κ2) is 5.86. The SMILES string of the molecule is O=C(O)c1ccc(S(=O)(=O)/N=C2/C=CC(=O)c3ccccc32)cc1. The fraction of sp³-hybridized carbons (Fsp3) is 0. The van der Waals surface area contributed by atoms with Gasteiger partial charge in [-0.1, -0.05) is 24.3 Å². The Bertz CT molecular complexity index is 1000. The van der Waals surface area contributed by atoms with Gasteiger partial charge in [-0.2, -0.15) is 12.8 Å². The minimum absolute atomic E-state index is 0.0184. The molecular formula is C17H11NO5S. The van der Waals surface area contributed by atoms with Gasteiger partial charge in [0.25, 0.3) is 10.0 Å². The smallest absolute Gasteiger partial charge is 0.335 e. The maximum Gasteiger partial charge on any atom is 0.335 e. The van der Waals surface area contributed by atoms with Gasteiger partial charge in [-0.25, -0.2) is 4.79 Å². The second-order valence-electron chi connectivity index (χ2n) is 5.02. The van der Waals surface area contributed by atoms with E-state index >= 15 is 0 Å². The zero-order chi connectivity index (χ0) is 17.3. The van der Waals surface area contributed by atoms with Crippen molar-refractivity contribution in [1.29, 1.82) is 0 Å². The predicted molar refractivity (Wildman–Crippen MR) is 87.0 cm³/mol. The predicted octanol–water partition coefficient (Wildman–Crippen LogP) is 2.32. The number of aromatic carboxylic acids is 1. The standard InChI is InChI=1S/C17H11NO5S/c19-16-10-9-15(13-3-1-2-4-14(13)16)18-24(22,23)12-7-5-11(6-8-12)17(20)21/h1-10H,(H,20,21)/b18-15-. The first-order chi connectivity index (χ1) is 11.4. The summed E-state index contributed by atoms with van der Waals surface area (Å²) in [7, 11) is -4.03. The number of hydrogen-bond donors (Lipinski definition) is 1. The molecule has 0 amide bonds. The molecule has 6 nitrogen and oxygen atoms in total. The molecule has 0 bridgehead atoms. The Kier molecular flexibility index (Phi) is 3.86. The van der Waals surface area contributed by atoms with E-state index in [1.54, 1.807) is 24.3 Å². The van der Waals surface area contributed by atoms with Crippen LogP contribution in [0.15, 0.2) is 70.0 Å². The van der Waals surface area contributed by atoms with E-state index in [1.807, 2.05) is 0 Å². The van der Waals surface area contributed by atoms with Crippen LogP contribution in [0, 0.1) is 0 Å². The largest absolute Gasteiger partial charge is 0.478 e. The Hall–Kier alpha value is -3.06. The number of fused-ring (bicyclic) bond motifs is 1. The van der Waals surface area contributed by atoms with Crippen molar-refractivity contribution in [3.63, 3.8) is 0 Å². The molecule has 0 fully saturated rings. The molecule has 0 radical (unpaired) electrons. The molecule has 0 heterocycles. The van der Waals surface area contributed by atoms with Crippen LogP contribution in [0.4, 0.5) is 0 Å². The number of allylic oxidation sites excluding steroid dienone is 2. The number of benzene rings is 2. The molecule has 0 saturated heterocycles. The molecule has 7 heteroatoms. The van der Waals surface area contributed by atoms with Crippen LogP contribution in [0.2, 0.25) is 0 Å². The summed E-state index contributed by atoms with van der Waals surface area (Å²) in [5.41, 5.74) is 0.966. The van der Waals surface area contributed by atoms with Crippen LogP contribution in [0.3, 0.4) is 0 Å². The van der Waals surface area contributed by atoms with Crippen molar-refractivity contribution in [3.05, 3.63) is 77.4 Å². The zero-order valence-electron chi connectivity index (χ0n) is 12.2. The summed E-state index contributed by atoms with van der Waals surface area (Å²) >= 11 is 0. The summed E-state index contributed by atoms with van der Waals surface area (Å²) in [4.78, 5) is 22.5. The molecule has 1 aliphatic carbocycles. The molecule has 0 saturated carbocycles. The van der Waals surface area contributed by atoms with E-state index in [2.05, 4.69) is 4.40 Å². The molecule has 2 aromatic rings. The van der Waals surface area contributed by atoms with E-state index in [-0.39, 0.29) is 22.0 Å². The fourth-order valence-electron chi connectivity index (χ4n) is 2.29. The third-order valence-electron chi connectivity index (χ3n) is 3.48. The Morgan fingerprint density at radius 3 is 2.17 bits per heavy atom. The number of nitrogens with zero attached hydrogens (tertiary/aromatic N) is 1. The fourth-order valence-corrected chi connectivity index (χ4v) is 3.29. The molecule has 0 atom stereocenters. The molecule has 24 heavy (non-hydrogen) atoms. The minimum atomic E-state index is -4.03. The Morgan fingerprint density at radius 1 is 0.917 bits per heavy atom. The summed E-state index contributed by atoms with van der Waals surface area (Å²) in [6, 6.07) is 11.4. The lowest BCUT2D eigenvalue weighted by Gasteiger charge is -2.11. The van der Waals surface area contributed by atoms with Gasteiger partial charge in [-0.3, -0.25) is 4.79 Å². The monoisotopic (exact) mass is 341 g/mol. The summed E-state index contributed by atoms with van der Waals surface area (Å²) in [5, 5.41) is 8.86. The van der Waals surface area contributed by atoms with Gasteiger partial charge in [-0.15, -0.1) is 0 Å². The van der Waals surface area contributed by atoms with Gasteiger partial charge < -0.3 is 5.11 Å². The van der Waals surface area contributed by atoms with Crippen molar-refractivity contribution in [2.45, 2.75) is 4.90 Å². The van der Waals surface area contributed by atoms with Gasteiger partial charge in [0.05, 0.1) is 16.2 Å².